The van der Waals surface area contributed by atoms with E-state index in [-0.39, 0.29) is 9.92 Å². The highest BCUT2D eigenvalue weighted by molar-refractivity contribution is 7.92. The summed E-state index contributed by atoms with van der Waals surface area (Å²) < 4.78 is 26.5. The fourth-order valence-corrected chi connectivity index (χ4v) is 2.87. The molecule has 2 rings (SSSR count). The molecule has 1 aromatic heterocycles. The number of nitrogens with zero attached hydrogens (tertiary/aromatic N) is 2. The summed E-state index contributed by atoms with van der Waals surface area (Å²) in [7, 11) is -3.79. The van der Waals surface area contributed by atoms with E-state index >= 15 is 0 Å². The van der Waals surface area contributed by atoms with Crippen molar-refractivity contribution in [2.75, 3.05) is 4.72 Å². The highest BCUT2D eigenvalue weighted by Gasteiger charge is 2.17. The third-order valence-corrected chi connectivity index (χ3v) is 4.14. The van der Waals surface area contributed by atoms with Crippen LogP contribution in [0.15, 0.2) is 47.6 Å². The monoisotopic (exact) mass is 293 g/mol. The Labute approximate surface area is 115 Å². The van der Waals surface area contributed by atoms with Gasteiger partial charge in [0, 0.05) is 18.1 Å². The van der Waals surface area contributed by atoms with E-state index in [0.717, 1.165) is 0 Å². The van der Waals surface area contributed by atoms with Gasteiger partial charge >= 0.3 is 0 Å². The summed E-state index contributed by atoms with van der Waals surface area (Å²) in [4.78, 5) is 3.64. The van der Waals surface area contributed by atoms with E-state index in [1.807, 2.05) is 6.07 Å². The first-order chi connectivity index (χ1) is 9.03. The fourth-order valence-electron chi connectivity index (χ4n) is 1.38. The molecule has 1 heterocycles. The quantitative estimate of drug-likeness (QED) is 0.942. The number of sulfonamides is 1. The number of nitriles is 1. The second-order valence-corrected chi connectivity index (χ2v) is 5.66. The summed E-state index contributed by atoms with van der Waals surface area (Å²) in [6, 6.07) is 9.38. The van der Waals surface area contributed by atoms with E-state index in [0.29, 0.717) is 11.3 Å². The largest absolute Gasteiger partial charge is 0.280 e. The second kappa shape index (κ2) is 5.26. The topological polar surface area (TPSA) is 82.9 Å². The molecule has 0 fully saturated rings. The van der Waals surface area contributed by atoms with Gasteiger partial charge in [0.05, 0.1) is 16.7 Å². The number of benzene rings is 1. The third kappa shape index (κ3) is 3.02. The Morgan fingerprint density at radius 1 is 1.21 bits per heavy atom. The molecule has 0 spiro atoms. The highest BCUT2D eigenvalue weighted by atomic mass is 35.5. The lowest BCUT2D eigenvalue weighted by molar-refractivity contribution is 0.601. The Hall–Kier alpha value is -2.10. The first-order valence-corrected chi connectivity index (χ1v) is 7.01. The minimum atomic E-state index is -3.79. The molecule has 0 aliphatic carbocycles. The lowest BCUT2D eigenvalue weighted by Crippen LogP contribution is -2.13. The van der Waals surface area contributed by atoms with Crippen LogP contribution in [0.1, 0.15) is 5.56 Å². The maximum atomic E-state index is 12.1. The Kier molecular flexibility index (Phi) is 3.69. The van der Waals surface area contributed by atoms with Crippen LogP contribution in [0.3, 0.4) is 0 Å². The van der Waals surface area contributed by atoms with Gasteiger partial charge in [-0.25, -0.2) is 8.42 Å². The lowest BCUT2D eigenvalue weighted by Gasteiger charge is -2.08. The number of rotatable bonds is 3. The van der Waals surface area contributed by atoms with E-state index in [1.165, 1.54) is 42.7 Å². The van der Waals surface area contributed by atoms with Crippen molar-refractivity contribution in [1.82, 2.24) is 4.98 Å². The van der Waals surface area contributed by atoms with Crippen LogP contribution in [-0.2, 0) is 10.0 Å². The van der Waals surface area contributed by atoms with Crippen molar-refractivity contribution < 1.29 is 8.42 Å². The van der Waals surface area contributed by atoms with Gasteiger partial charge in [-0.15, -0.1) is 0 Å². The predicted molar refractivity (Wildman–Crippen MR) is 71.2 cm³/mol. The van der Waals surface area contributed by atoms with Gasteiger partial charge < -0.3 is 0 Å². The molecule has 1 aromatic carbocycles. The van der Waals surface area contributed by atoms with E-state index < -0.39 is 10.0 Å². The van der Waals surface area contributed by atoms with Crippen molar-refractivity contribution in [3.05, 3.63) is 53.3 Å². The molecule has 96 valence electrons. The van der Waals surface area contributed by atoms with Crippen molar-refractivity contribution in [3.8, 4) is 6.07 Å². The van der Waals surface area contributed by atoms with E-state index in [2.05, 4.69) is 9.71 Å². The summed E-state index contributed by atoms with van der Waals surface area (Å²) in [5, 5.41) is 8.75. The predicted octanol–water partition coefficient (Wildman–Crippen LogP) is 2.41. The average Bonchev–Trinajstić information content (AvgIpc) is 2.39. The van der Waals surface area contributed by atoms with Gasteiger partial charge in [-0.3, -0.25) is 9.71 Å². The van der Waals surface area contributed by atoms with Crippen LogP contribution < -0.4 is 4.72 Å². The lowest BCUT2D eigenvalue weighted by atomic mass is 10.2. The first kappa shape index (κ1) is 13.3. The van der Waals surface area contributed by atoms with Gasteiger partial charge in [0.25, 0.3) is 10.0 Å². The number of anilines is 1. The molecule has 0 aliphatic rings. The van der Waals surface area contributed by atoms with Gasteiger partial charge in [-0.2, -0.15) is 5.26 Å². The molecule has 0 radical (unpaired) electrons. The SMILES string of the molecule is N#Cc1ccc(NS(=O)(=O)c2cnccc2Cl)cc1. The minimum absolute atomic E-state index is 0.0937. The molecule has 7 heteroatoms. The van der Waals surface area contributed by atoms with Crippen LogP contribution in [0.4, 0.5) is 5.69 Å². The van der Waals surface area contributed by atoms with Crippen molar-refractivity contribution in [2.45, 2.75) is 4.90 Å². The highest BCUT2D eigenvalue weighted by Crippen LogP contribution is 2.22. The summed E-state index contributed by atoms with van der Waals surface area (Å²) >= 11 is 5.82. The molecule has 2 aromatic rings. The van der Waals surface area contributed by atoms with E-state index in [9.17, 15) is 8.42 Å². The first-order valence-electron chi connectivity index (χ1n) is 5.15. The Balaban J connectivity index is 2.32. The standard InChI is InChI=1S/C12H8ClN3O2S/c13-11-5-6-15-8-12(11)19(17,18)16-10-3-1-9(7-14)2-4-10/h1-6,8,16H. The van der Waals surface area contributed by atoms with Crippen LogP contribution in [0.2, 0.25) is 5.02 Å². The molecule has 0 atom stereocenters. The number of aromatic nitrogens is 1. The van der Waals surface area contributed by atoms with Crippen molar-refractivity contribution in [1.29, 1.82) is 5.26 Å². The van der Waals surface area contributed by atoms with Crippen molar-refractivity contribution in [3.63, 3.8) is 0 Å². The van der Waals surface area contributed by atoms with Crippen LogP contribution in [0, 0.1) is 11.3 Å². The van der Waals surface area contributed by atoms with Crippen LogP contribution in [0.25, 0.3) is 0 Å². The zero-order chi connectivity index (χ0) is 13.9. The molecular formula is C12H8ClN3O2S. The van der Waals surface area contributed by atoms with Gasteiger partial charge in [0.1, 0.15) is 4.90 Å². The van der Waals surface area contributed by atoms with Gasteiger partial charge in [-0.05, 0) is 30.3 Å². The van der Waals surface area contributed by atoms with E-state index in [1.54, 1.807) is 0 Å². The third-order valence-electron chi connectivity index (χ3n) is 2.29. The average molecular weight is 294 g/mol. The molecule has 0 aliphatic heterocycles. The van der Waals surface area contributed by atoms with Crippen LogP contribution in [-0.4, -0.2) is 13.4 Å². The molecule has 0 bridgehead atoms. The van der Waals surface area contributed by atoms with Crippen LogP contribution in [0.5, 0.6) is 0 Å². The molecule has 1 N–H and O–H groups in total. The fraction of sp³-hybridized carbons (Fsp3) is 0. The number of pyridine rings is 1. The summed E-state index contributed by atoms with van der Waals surface area (Å²) in [6.45, 7) is 0. The summed E-state index contributed by atoms with van der Waals surface area (Å²) in [5.74, 6) is 0. The molecule has 0 saturated carbocycles. The number of halogens is 1. The number of hydrogen-bond donors (Lipinski definition) is 1. The smallest absolute Gasteiger partial charge is 0.264 e. The zero-order valence-electron chi connectivity index (χ0n) is 9.54. The molecule has 5 nitrogen and oxygen atoms in total. The summed E-state index contributed by atoms with van der Waals surface area (Å²) in [6.07, 6.45) is 2.58. The molecule has 0 saturated heterocycles. The second-order valence-electron chi connectivity index (χ2n) is 3.60. The van der Waals surface area contributed by atoms with Crippen molar-refractivity contribution >= 4 is 27.3 Å². The van der Waals surface area contributed by atoms with Crippen molar-refractivity contribution in [2.24, 2.45) is 0 Å². The van der Waals surface area contributed by atoms with Gasteiger partial charge in [0.15, 0.2) is 0 Å². The van der Waals surface area contributed by atoms with Gasteiger partial charge in [0.2, 0.25) is 0 Å². The molecule has 0 amide bonds. The summed E-state index contributed by atoms with van der Waals surface area (Å²) in [5.41, 5.74) is 0.793. The maximum absolute atomic E-state index is 12.1. The minimum Gasteiger partial charge on any atom is -0.280 e. The molecule has 19 heavy (non-hydrogen) atoms. The number of nitrogens with one attached hydrogen (secondary N) is 1. The molecule has 0 unspecified atom stereocenters. The van der Waals surface area contributed by atoms with Gasteiger partial charge in [-0.1, -0.05) is 11.6 Å². The van der Waals surface area contributed by atoms with Crippen LogP contribution >= 0.6 is 11.6 Å². The normalized spacial score (nSPS) is 10.7. The number of hydrogen-bond acceptors (Lipinski definition) is 4. The Bertz CT molecular complexity index is 736. The zero-order valence-corrected chi connectivity index (χ0v) is 11.1. The molecular weight excluding hydrogens is 286 g/mol. The Morgan fingerprint density at radius 3 is 2.47 bits per heavy atom. The Morgan fingerprint density at radius 2 is 1.89 bits per heavy atom. The maximum Gasteiger partial charge on any atom is 0.264 e. The van der Waals surface area contributed by atoms with E-state index in [4.69, 9.17) is 16.9 Å².